The number of hydrogen-bond acceptors (Lipinski definition) is 5. The zero-order valence-electron chi connectivity index (χ0n) is 16.2. The van der Waals surface area contributed by atoms with Crippen LogP contribution in [0.4, 0.5) is 0 Å². The normalized spacial score (nSPS) is 10.2. The van der Waals surface area contributed by atoms with E-state index < -0.39 is 0 Å². The maximum Gasteiger partial charge on any atom is 0.106 e. The summed E-state index contributed by atoms with van der Waals surface area (Å²) in [5.41, 5.74) is 4.60. The van der Waals surface area contributed by atoms with Gasteiger partial charge in [-0.3, -0.25) is 0 Å². The number of methoxy groups -OCH3 is 1. The summed E-state index contributed by atoms with van der Waals surface area (Å²) in [6.45, 7) is 7.79. The van der Waals surface area contributed by atoms with Gasteiger partial charge >= 0.3 is 0 Å². The summed E-state index contributed by atoms with van der Waals surface area (Å²) in [6.07, 6.45) is 2.59. The van der Waals surface area contributed by atoms with Crippen molar-refractivity contribution in [2.24, 2.45) is 0 Å². The Hall–Kier alpha value is -3.32. The van der Waals surface area contributed by atoms with Gasteiger partial charge in [0.05, 0.1) is 24.2 Å². The lowest BCUT2D eigenvalue weighted by Crippen LogP contribution is -2.05. The first-order valence-corrected chi connectivity index (χ1v) is 8.81. The summed E-state index contributed by atoms with van der Waals surface area (Å²) in [4.78, 5) is 16.0. The second-order valence-electron chi connectivity index (χ2n) is 5.84. The number of fused-ring (bicyclic) bond motifs is 3. The fraction of sp³-hybridized carbons (Fsp3) is 0.238. The van der Waals surface area contributed by atoms with E-state index in [0.717, 1.165) is 24.3 Å². The first kappa shape index (κ1) is 21.0. The van der Waals surface area contributed by atoms with E-state index in [-0.39, 0.29) is 0 Å². The third-order valence-corrected chi connectivity index (χ3v) is 4.50. The van der Waals surface area contributed by atoms with Crippen LogP contribution < -0.4 is 0 Å². The van der Waals surface area contributed by atoms with Gasteiger partial charge in [0.25, 0.3) is 0 Å². The Morgan fingerprint density at radius 2 is 1.71 bits per heavy atom. The van der Waals surface area contributed by atoms with Crippen molar-refractivity contribution in [2.75, 3.05) is 13.7 Å². The topological polar surface area (TPSA) is 79.0 Å². The first-order chi connectivity index (χ1) is 13.8. The van der Waals surface area contributed by atoms with Gasteiger partial charge in [0.15, 0.2) is 0 Å². The minimum absolute atomic E-state index is 0.657. The summed E-state index contributed by atoms with van der Waals surface area (Å²) in [7, 11) is 1.71. The highest BCUT2D eigenvalue weighted by Crippen LogP contribution is 2.30. The number of benzene rings is 2. The van der Waals surface area contributed by atoms with Crippen LogP contribution >= 0.6 is 0 Å². The molecule has 0 aliphatic rings. The monoisotopic (exact) mass is 380 g/mol. The molecule has 2 aromatic heterocycles. The molecule has 0 fully saturated rings. The number of ether oxygens (including phenoxy) is 1. The van der Waals surface area contributed by atoms with Gasteiger partial charge < -0.3 is 18.9 Å². The zero-order valence-corrected chi connectivity index (χ0v) is 16.2. The Morgan fingerprint density at radius 3 is 2.43 bits per heavy atom. The van der Waals surface area contributed by atoms with Crippen LogP contribution in [0.2, 0.25) is 0 Å². The van der Waals surface area contributed by atoms with Crippen molar-refractivity contribution >= 4 is 35.4 Å². The fourth-order valence-electron chi connectivity index (χ4n) is 3.36. The molecule has 0 saturated carbocycles. The zero-order chi connectivity index (χ0) is 20.5. The predicted molar refractivity (Wildman–Crippen MR) is 110 cm³/mol. The third-order valence-electron chi connectivity index (χ3n) is 4.50. The number of hydrogen-bond donors (Lipinski definition) is 0. The van der Waals surface area contributed by atoms with Gasteiger partial charge in [-0.1, -0.05) is 23.4 Å². The molecule has 0 spiro atoms. The van der Waals surface area contributed by atoms with E-state index in [9.17, 15) is 0 Å². The number of nitrogens with zero attached hydrogens (tertiary/aromatic N) is 4. The van der Waals surface area contributed by atoms with Gasteiger partial charge in [-0.25, -0.2) is 4.68 Å². The lowest BCUT2D eigenvalue weighted by molar-refractivity contribution is -0.0987. The molecule has 0 saturated heterocycles. The van der Waals surface area contributed by atoms with Crippen molar-refractivity contribution in [1.82, 2.24) is 19.6 Å². The Labute approximate surface area is 163 Å². The van der Waals surface area contributed by atoms with Crippen LogP contribution in [0.15, 0.2) is 48.7 Å². The highest BCUT2D eigenvalue weighted by molar-refractivity contribution is 6.08. The molecule has 0 aliphatic carbocycles. The van der Waals surface area contributed by atoms with Gasteiger partial charge in [0.2, 0.25) is 0 Å². The summed E-state index contributed by atoms with van der Waals surface area (Å²) in [6, 6.07) is 15.0. The number of aryl methyl sites for hydroxylation is 1. The Balaban J connectivity index is 0.000000660. The molecule has 4 rings (SSSR count). The highest BCUT2D eigenvalue weighted by Gasteiger charge is 2.12. The molecular formula is C21H24N4O3. The molecule has 2 heterocycles. The van der Waals surface area contributed by atoms with E-state index in [1.165, 1.54) is 21.8 Å². The summed E-state index contributed by atoms with van der Waals surface area (Å²) >= 11 is 0. The molecule has 0 bridgehead atoms. The van der Waals surface area contributed by atoms with Crippen LogP contribution in [0.25, 0.3) is 27.5 Å². The Morgan fingerprint density at radius 1 is 1.00 bits per heavy atom. The number of carbonyl (C=O) groups excluding carboxylic acids is 2. The SMILES string of the molecule is C=O.C=O.CCn1c2ccccc2c2cc(-n3nncc3CCOC)ccc21. The average Bonchev–Trinajstić information content (AvgIpc) is 3.37. The molecule has 0 atom stereocenters. The van der Waals surface area contributed by atoms with Gasteiger partial charge in [-0.15, -0.1) is 5.10 Å². The molecule has 0 radical (unpaired) electrons. The predicted octanol–water partition coefficient (Wildman–Crippen LogP) is 3.21. The molecule has 7 heteroatoms. The van der Waals surface area contributed by atoms with Crippen molar-refractivity contribution in [3.05, 3.63) is 54.4 Å². The van der Waals surface area contributed by atoms with Gasteiger partial charge in [0, 0.05) is 41.9 Å². The molecule has 0 N–H and O–H groups in total. The molecule has 4 aromatic rings. The Kier molecular flexibility index (Phi) is 7.59. The van der Waals surface area contributed by atoms with Gasteiger partial charge in [-0.05, 0) is 31.2 Å². The van der Waals surface area contributed by atoms with Crippen LogP contribution in [0, 0.1) is 0 Å². The average molecular weight is 380 g/mol. The minimum atomic E-state index is 0.657. The molecule has 0 amide bonds. The number of rotatable bonds is 5. The number of carbonyl (C=O) groups is 2. The van der Waals surface area contributed by atoms with E-state index in [1.807, 2.05) is 18.3 Å². The van der Waals surface area contributed by atoms with E-state index in [2.05, 4.69) is 64.3 Å². The van der Waals surface area contributed by atoms with Crippen molar-refractivity contribution < 1.29 is 14.3 Å². The van der Waals surface area contributed by atoms with E-state index in [4.69, 9.17) is 14.3 Å². The molecule has 28 heavy (non-hydrogen) atoms. The van der Waals surface area contributed by atoms with E-state index in [1.54, 1.807) is 13.3 Å². The minimum Gasteiger partial charge on any atom is -0.384 e. The third kappa shape index (κ3) is 3.84. The molecule has 2 aromatic carbocycles. The maximum absolute atomic E-state index is 8.00. The van der Waals surface area contributed by atoms with Crippen LogP contribution in [-0.2, 0) is 27.3 Å². The van der Waals surface area contributed by atoms with Crippen molar-refractivity contribution in [1.29, 1.82) is 0 Å². The Bertz CT molecular complexity index is 1040. The van der Waals surface area contributed by atoms with Crippen molar-refractivity contribution in [3.63, 3.8) is 0 Å². The lowest BCUT2D eigenvalue weighted by Gasteiger charge is -2.07. The summed E-state index contributed by atoms with van der Waals surface area (Å²) in [5.74, 6) is 0. The van der Waals surface area contributed by atoms with E-state index in [0.29, 0.717) is 6.61 Å². The standard InChI is InChI=1S/C19H20N4O.2CH2O/c1-3-22-18-7-5-4-6-16(18)17-12-14(8-9-19(17)22)23-15(10-11-24-2)13-20-21-23;2*1-2/h4-9,12-13H,3,10-11H2,1-2H3;2*1H2. The highest BCUT2D eigenvalue weighted by atomic mass is 16.5. The first-order valence-electron chi connectivity index (χ1n) is 8.81. The van der Waals surface area contributed by atoms with Gasteiger partial charge in [0.1, 0.15) is 13.6 Å². The molecule has 0 aliphatic heterocycles. The largest absolute Gasteiger partial charge is 0.384 e. The molecule has 146 valence electrons. The quantitative estimate of drug-likeness (QED) is 0.531. The molecule has 0 unspecified atom stereocenters. The molecular weight excluding hydrogens is 356 g/mol. The smallest absolute Gasteiger partial charge is 0.106 e. The van der Waals surface area contributed by atoms with Gasteiger partial charge in [-0.2, -0.15) is 0 Å². The van der Waals surface area contributed by atoms with E-state index >= 15 is 0 Å². The second-order valence-corrected chi connectivity index (χ2v) is 5.84. The summed E-state index contributed by atoms with van der Waals surface area (Å²) in [5, 5.41) is 10.8. The van der Waals surface area contributed by atoms with Crippen LogP contribution in [0.1, 0.15) is 12.6 Å². The fourth-order valence-corrected chi connectivity index (χ4v) is 3.36. The van der Waals surface area contributed by atoms with Crippen LogP contribution in [-0.4, -0.2) is 46.9 Å². The lowest BCUT2D eigenvalue weighted by atomic mass is 10.1. The number of aromatic nitrogens is 4. The second kappa shape index (κ2) is 10.1. The van der Waals surface area contributed by atoms with Crippen LogP contribution in [0.5, 0.6) is 0 Å². The molecule has 7 nitrogen and oxygen atoms in total. The van der Waals surface area contributed by atoms with Crippen molar-refractivity contribution in [2.45, 2.75) is 19.9 Å². The summed E-state index contributed by atoms with van der Waals surface area (Å²) < 4.78 is 9.43. The maximum atomic E-state index is 8.00. The number of para-hydroxylation sites is 1. The van der Waals surface area contributed by atoms with Crippen molar-refractivity contribution in [3.8, 4) is 5.69 Å². The van der Waals surface area contributed by atoms with Crippen LogP contribution in [0.3, 0.4) is 0 Å².